The first-order valence-corrected chi connectivity index (χ1v) is 6.09. The molecule has 1 fully saturated rings. The van der Waals surface area contributed by atoms with Crippen LogP contribution in [0.1, 0.15) is 26.7 Å². The number of hydrogen-bond acceptors (Lipinski definition) is 5. The molecule has 0 spiro atoms. The lowest BCUT2D eigenvalue weighted by Gasteiger charge is -2.12. The minimum Gasteiger partial charge on any atom is -0.476 e. The fourth-order valence-corrected chi connectivity index (χ4v) is 1.79. The second-order valence-corrected chi connectivity index (χ2v) is 4.47. The van der Waals surface area contributed by atoms with E-state index in [4.69, 9.17) is 9.47 Å². The minimum atomic E-state index is 0.106. The summed E-state index contributed by atoms with van der Waals surface area (Å²) in [6.07, 6.45) is 3.96. The van der Waals surface area contributed by atoms with E-state index in [1.807, 2.05) is 13.8 Å². The van der Waals surface area contributed by atoms with E-state index in [0.717, 1.165) is 6.54 Å². The van der Waals surface area contributed by atoms with Crippen molar-refractivity contribution in [2.24, 2.45) is 0 Å². The van der Waals surface area contributed by atoms with Gasteiger partial charge < -0.3 is 14.8 Å². The minimum absolute atomic E-state index is 0.106. The first kappa shape index (κ1) is 12.1. The Morgan fingerprint density at radius 1 is 1.41 bits per heavy atom. The van der Waals surface area contributed by atoms with Crippen LogP contribution < -0.4 is 14.8 Å². The van der Waals surface area contributed by atoms with Crippen molar-refractivity contribution in [2.75, 3.05) is 13.2 Å². The highest BCUT2D eigenvalue weighted by Gasteiger charge is 2.14. The molecule has 0 amide bonds. The van der Waals surface area contributed by atoms with Gasteiger partial charge in [0, 0.05) is 6.04 Å². The zero-order valence-electron chi connectivity index (χ0n) is 10.3. The summed E-state index contributed by atoms with van der Waals surface area (Å²) >= 11 is 0. The molecule has 17 heavy (non-hydrogen) atoms. The van der Waals surface area contributed by atoms with E-state index in [1.165, 1.54) is 19.2 Å². The number of ether oxygens (including phenoxy) is 2. The summed E-state index contributed by atoms with van der Waals surface area (Å²) < 4.78 is 11.1. The second kappa shape index (κ2) is 5.82. The molecule has 1 aliphatic rings. The molecule has 1 saturated heterocycles. The predicted octanol–water partition coefficient (Wildman–Crippen LogP) is 1.39. The van der Waals surface area contributed by atoms with Crippen molar-refractivity contribution < 1.29 is 9.47 Å². The van der Waals surface area contributed by atoms with E-state index in [-0.39, 0.29) is 6.10 Å². The molecular formula is C12H19N3O2. The molecule has 5 heteroatoms. The molecule has 0 aromatic carbocycles. The van der Waals surface area contributed by atoms with Crippen molar-refractivity contribution in [3.63, 3.8) is 0 Å². The fraction of sp³-hybridized carbons (Fsp3) is 0.667. The van der Waals surface area contributed by atoms with Crippen molar-refractivity contribution in [1.82, 2.24) is 15.3 Å². The Balaban J connectivity index is 1.86. The predicted molar refractivity (Wildman–Crippen MR) is 64.3 cm³/mol. The third kappa shape index (κ3) is 3.85. The second-order valence-electron chi connectivity index (χ2n) is 4.47. The molecule has 1 N–H and O–H groups in total. The van der Waals surface area contributed by atoms with Gasteiger partial charge in [-0.2, -0.15) is 0 Å². The number of hydrogen-bond donors (Lipinski definition) is 1. The monoisotopic (exact) mass is 237 g/mol. The quantitative estimate of drug-likeness (QED) is 0.838. The molecule has 1 aliphatic heterocycles. The molecule has 94 valence electrons. The lowest BCUT2D eigenvalue weighted by Crippen LogP contribution is -2.28. The summed E-state index contributed by atoms with van der Waals surface area (Å²) in [5.41, 5.74) is 0. The van der Waals surface area contributed by atoms with E-state index in [2.05, 4.69) is 15.3 Å². The van der Waals surface area contributed by atoms with Crippen LogP contribution in [0.5, 0.6) is 11.8 Å². The van der Waals surface area contributed by atoms with Gasteiger partial charge in [0.05, 0.1) is 12.2 Å². The van der Waals surface area contributed by atoms with Gasteiger partial charge in [0.1, 0.15) is 12.9 Å². The summed E-state index contributed by atoms with van der Waals surface area (Å²) in [6.45, 7) is 5.66. The first-order valence-electron chi connectivity index (χ1n) is 6.09. The van der Waals surface area contributed by atoms with Gasteiger partial charge in [-0.05, 0) is 33.2 Å². The van der Waals surface area contributed by atoms with Crippen molar-refractivity contribution in [2.45, 2.75) is 38.8 Å². The standard InChI is InChI=1S/C12H19N3O2/c1-9(2)17-12-6-11(14-8-15-12)16-7-10-4-3-5-13-10/h6,8-10,13H,3-5,7H2,1-2H3. The van der Waals surface area contributed by atoms with Crippen molar-refractivity contribution in [3.8, 4) is 11.8 Å². The largest absolute Gasteiger partial charge is 0.476 e. The number of nitrogens with zero attached hydrogens (tertiary/aromatic N) is 2. The van der Waals surface area contributed by atoms with Gasteiger partial charge in [-0.1, -0.05) is 0 Å². The van der Waals surface area contributed by atoms with Crippen molar-refractivity contribution >= 4 is 0 Å². The zero-order valence-corrected chi connectivity index (χ0v) is 10.3. The number of aromatic nitrogens is 2. The molecule has 0 bridgehead atoms. The summed E-state index contributed by atoms with van der Waals surface area (Å²) in [7, 11) is 0. The van der Waals surface area contributed by atoms with Crippen LogP contribution in [0.4, 0.5) is 0 Å². The highest BCUT2D eigenvalue weighted by Crippen LogP contribution is 2.15. The van der Waals surface area contributed by atoms with Gasteiger partial charge >= 0.3 is 0 Å². The van der Waals surface area contributed by atoms with Crippen LogP contribution in [0.25, 0.3) is 0 Å². The smallest absolute Gasteiger partial charge is 0.220 e. The highest BCUT2D eigenvalue weighted by atomic mass is 16.5. The van der Waals surface area contributed by atoms with Gasteiger partial charge in [-0.3, -0.25) is 0 Å². The summed E-state index contributed by atoms with van der Waals surface area (Å²) in [5.74, 6) is 1.13. The van der Waals surface area contributed by atoms with Crippen LogP contribution in [0.15, 0.2) is 12.4 Å². The van der Waals surface area contributed by atoms with Crippen LogP contribution in [0.3, 0.4) is 0 Å². The zero-order chi connectivity index (χ0) is 12.1. The highest BCUT2D eigenvalue weighted by molar-refractivity contribution is 5.18. The Hall–Kier alpha value is -1.36. The molecular weight excluding hydrogens is 218 g/mol. The third-order valence-electron chi connectivity index (χ3n) is 2.57. The van der Waals surface area contributed by atoms with Crippen molar-refractivity contribution in [3.05, 3.63) is 12.4 Å². The maximum Gasteiger partial charge on any atom is 0.220 e. The van der Waals surface area contributed by atoms with E-state index in [1.54, 1.807) is 6.07 Å². The van der Waals surface area contributed by atoms with Gasteiger partial charge in [-0.25, -0.2) is 9.97 Å². The van der Waals surface area contributed by atoms with Gasteiger partial charge in [0.15, 0.2) is 0 Å². The van der Waals surface area contributed by atoms with Crippen LogP contribution in [-0.2, 0) is 0 Å². The Bertz CT molecular complexity index is 351. The molecule has 2 heterocycles. The number of nitrogens with one attached hydrogen (secondary N) is 1. The summed E-state index contributed by atoms with van der Waals surface area (Å²) in [4.78, 5) is 8.10. The summed E-state index contributed by atoms with van der Waals surface area (Å²) in [6, 6.07) is 2.18. The third-order valence-corrected chi connectivity index (χ3v) is 2.57. The Labute approximate surface area is 102 Å². The molecule has 1 aromatic heterocycles. The fourth-order valence-electron chi connectivity index (χ4n) is 1.79. The molecule has 0 radical (unpaired) electrons. The SMILES string of the molecule is CC(C)Oc1cc(OCC2CCCN2)ncn1. The van der Waals surface area contributed by atoms with Gasteiger partial charge in [-0.15, -0.1) is 0 Å². The normalized spacial score (nSPS) is 19.6. The maximum atomic E-state index is 5.62. The Kier molecular flexibility index (Phi) is 4.14. The van der Waals surface area contributed by atoms with E-state index >= 15 is 0 Å². The first-order chi connectivity index (χ1) is 8.24. The topological polar surface area (TPSA) is 56.3 Å². The molecule has 1 aromatic rings. The molecule has 1 atom stereocenters. The average molecular weight is 237 g/mol. The lowest BCUT2D eigenvalue weighted by atomic mass is 10.2. The number of rotatable bonds is 5. The lowest BCUT2D eigenvalue weighted by molar-refractivity contribution is 0.226. The molecule has 5 nitrogen and oxygen atoms in total. The van der Waals surface area contributed by atoms with Crippen molar-refractivity contribution in [1.29, 1.82) is 0 Å². The van der Waals surface area contributed by atoms with E-state index < -0.39 is 0 Å². The van der Waals surface area contributed by atoms with Crippen LogP contribution in [0, 0.1) is 0 Å². The maximum absolute atomic E-state index is 5.62. The van der Waals surface area contributed by atoms with Gasteiger partial charge in [0.25, 0.3) is 0 Å². The molecule has 0 saturated carbocycles. The Morgan fingerprint density at radius 2 is 2.24 bits per heavy atom. The van der Waals surface area contributed by atoms with Crippen LogP contribution >= 0.6 is 0 Å². The average Bonchev–Trinajstić information content (AvgIpc) is 2.79. The van der Waals surface area contributed by atoms with Gasteiger partial charge in [0.2, 0.25) is 11.8 Å². The van der Waals surface area contributed by atoms with Crippen LogP contribution in [0.2, 0.25) is 0 Å². The summed E-state index contributed by atoms with van der Waals surface area (Å²) in [5, 5.41) is 3.37. The Morgan fingerprint density at radius 3 is 2.94 bits per heavy atom. The molecule has 1 unspecified atom stereocenters. The van der Waals surface area contributed by atoms with E-state index in [9.17, 15) is 0 Å². The van der Waals surface area contributed by atoms with E-state index in [0.29, 0.717) is 24.4 Å². The molecule has 2 rings (SSSR count). The van der Waals surface area contributed by atoms with Crippen LogP contribution in [-0.4, -0.2) is 35.3 Å². The molecule has 0 aliphatic carbocycles.